The molecule has 2 aromatic rings. The number of halogens is 1. The van der Waals surface area contributed by atoms with Gasteiger partial charge in [-0.25, -0.2) is 4.79 Å². The molecule has 0 atom stereocenters. The first kappa shape index (κ1) is 14.7. The number of nitrogens with two attached hydrogens (primary N) is 1. The Balaban J connectivity index is 2.04. The fourth-order valence-electron chi connectivity index (χ4n) is 1.89. The van der Waals surface area contributed by atoms with E-state index in [2.05, 4.69) is 5.32 Å². The molecule has 20 heavy (non-hydrogen) atoms. The molecule has 0 saturated carbocycles. The van der Waals surface area contributed by atoms with Crippen molar-refractivity contribution in [1.29, 1.82) is 0 Å². The summed E-state index contributed by atoms with van der Waals surface area (Å²) in [6, 6.07) is 7.28. The molecule has 4 nitrogen and oxygen atoms in total. The van der Waals surface area contributed by atoms with Crippen molar-refractivity contribution in [3.05, 3.63) is 44.6 Å². The summed E-state index contributed by atoms with van der Waals surface area (Å²) in [5.74, 6) is -1.01. The molecule has 0 fully saturated rings. The fraction of sp³-hybridized carbons (Fsp3) is 0.214. The van der Waals surface area contributed by atoms with Crippen molar-refractivity contribution in [3.63, 3.8) is 0 Å². The second-order valence-corrected chi connectivity index (χ2v) is 6.24. The maximum absolute atomic E-state index is 11.1. The summed E-state index contributed by atoms with van der Waals surface area (Å²) in [6.07, 6.45) is 0.837. The molecule has 106 valence electrons. The highest BCUT2D eigenvalue weighted by Gasteiger charge is 2.11. The molecule has 4 N–H and O–H groups in total. The Morgan fingerprint density at radius 1 is 1.45 bits per heavy atom. The Hall–Kier alpha value is -1.72. The van der Waals surface area contributed by atoms with E-state index in [9.17, 15) is 4.79 Å². The Labute approximate surface area is 126 Å². The molecule has 0 bridgehead atoms. The van der Waals surface area contributed by atoms with E-state index < -0.39 is 5.97 Å². The molecule has 6 heteroatoms. The second kappa shape index (κ2) is 6.15. The number of benzene rings is 1. The smallest absolute Gasteiger partial charge is 0.337 e. The van der Waals surface area contributed by atoms with Crippen molar-refractivity contribution < 1.29 is 9.90 Å². The van der Waals surface area contributed by atoms with E-state index in [0.717, 1.165) is 22.0 Å². The topological polar surface area (TPSA) is 75.3 Å². The van der Waals surface area contributed by atoms with E-state index >= 15 is 0 Å². The summed E-state index contributed by atoms with van der Waals surface area (Å²) in [7, 11) is 0. The van der Waals surface area contributed by atoms with Gasteiger partial charge in [0.2, 0.25) is 0 Å². The third kappa shape index (κ3) is 3.43. The zero-order chi connectivity index (χ0) is 14.7. The van der Waals surface area contributed by atoms with Gasteiger partial charge < -0.3 is 16.2 Å². The highest BCUT2D eigenvalue weighted by Crippen LogP contribution is 2.24. The van der Waals surface area contributed by atoms with Crippen LogP contribution in [0.5, 0.6) is 0 Å². The zero-order valence-corrected chi connectivity index (χ0v) is 12.5. The van der Waals surface area contributed by atoms with Gasteiger partial charge in [0.25, 0.3) is 0 Å². The van der Waals surface area contributed by atoms with Crippen LogP contribution in [0.1, 0.15) is 20.8 Å². The molecule has 2 rings (SSSR count). The van der Waals surface area contributed by atoms with Crippen LogP contribution in [-0.2, 0) is 6.42 Å². The molecular formula is C14H15ClN2O2S. The van der Waals surface area contributed by atoms with Gasteiger partial charge in [-0.05, 0) is 43.2 Å². The average Bonchev–Trinajstić information content (AvgIpc) is 2.79. The first-order valence-corrected chi connectivity index (χ1v) is 7.28. The summed E-state index contributed by atoms with van der Waals surface area (Å²) < 4.78 is 0.775. The number of carbonyl (C=O) groups is 1. The van der Waals surface area contributed by atoms with E-state index in [-0.39, 0.29) is 5.56 Å². The molecule has 0 radical (unpaired) electrons. The SMILES string of the molecule is Cc1cc(NCCc2ccc(Cl)s2)cc(C(=O)O)c1N. The van der Waals surface area contributed by atoms with Gasteiger partial charge in [0.1, 0.15) is 0 Å². The number of nitrogen functional groups attached to an aromatic ring is 1. The number of thiophene rings is 1. The van der Waals surface area contributed by atoms with E-state index in [1.807, 2.05) is 18.2 Å². The molecule has 1 aromatic carbocycles. The van der Waals surface area contributed by atoms with Crippen LogP contribution in [0.15, 0.2) is 24.3 Å². The van der Waals surface area contributed by atoms with Gasteiger partial charge in [-0.3, -0.25) is 0 Å². The Morgan fingerprint density at radius 3 is 2.80 bits per heavy atom. The van der Waals surface area contributed by atoms with Crippen molar-refractivity contribution in [2.24, 2.45) is 0 Å². The van der Waals surface area contributed by atoms with Crippen LogP contribution in [0, 0.1) is 6.92 Å². The number of aromatic carboxylic acids is 1. The number of nitrogens with one attached hydrogen (secondary N) is 1. The lowest BCUT2D eigenvalue weighted by molar-refractivity contribution is 0.0698. The van der Waals surface area contributed by atoms with Gasteiger partial charge in [-0.15, -0.1) is 11.3 Å². The highest BCUT2D eigenvalue weighted by molar-refractivity contribution is 7.16. The predicted molar refractivity (Wildman–Crippen MR) is 84.1 cm³/mol. The first-order valence-electron chi connectivity index (χ1n) is 6.09. The number of aryl methyl sites for hydroxylation is 1. The monoisotopic (exact) mass is 310 g/mol. The minimum Gasteiger partial charge on any atom is -0.478 e. The number of hydrogen-bond acceptors (Lipinski definition) is 4. The van der Waals surface area contributed by atoms with Crippen molar-refractivity contribution in [2.45, 2.75) is 13.3 Å². The molecule has 1 heterocycles. The van der Waals surface area contributed by atoms with Crippen molar-refractivity contribution >= 4 is 40.3 Å². The van der Waals surface area contributed by atoms with Crippen molar-refractivity contribution in [2.75, 3.05) is 17.6 Å². The largest absolute Gasteiger partial charge is 0.478 e. The molecule has 0 aliphatic carbocycles. The molecule has 0 unspecified atom stereocenters. The molecule has 0 aliphatic rings. The molecular weight excluding hydrogens is 296 g/mol. The first-order chi connectivity index (χ1) is 9.47. The zero-order valence-electron chi connectivity index (χ0n) is 10.9. The van der Waals surface area contributed by atoms with Gasteiger partial charge in [-0.1, -0.05) is 11.6 Å². The summed E-state index contributed by atoms with van der Waals surface area (Å²) in [5.41, 5.74) is 7.71. The minimum absolute atomic E-state index is 0.131. The fourth-order valence-corrected chi connectivity index (χ4v) is 2.98. The van der Waals surface area contributed by atoms with Gasteiger partial charge in [0.15, 0.2) is 0 Å². The Bertz CT molecular complexity index is 640. The maximum Gasteiger partial charge on any atom is 0.337 e. The lowest BCUT2D eigenvalue weighted by atomic mass is 10.1. The standard InChI is InChI=1S/C14H15ClN2O2S/c1-8-6-9(7-11(13(8)16)14(18)19)17-5-4-10-2-3-12(15)20-10/h2-3,6-7,17H,4-5,16H2,1H3,(H,18,19). The third-order valence-electron chi connectivity index (χ3n) is 2.95. The number of carboxylic acids is 1. The van der Waals surface area contributed by atoms with Crippen LogP contribution in [0.2, 0.25) is 4.34 Å². The highest BCUT2D eigenvalue weighted by atomic mass is 35.5. The maximum atomic E-state index is 11.1. The lowest BCUT2D eigenvalue weighted by Gasteiger charge is -2.11. The summed E-state index contributed by atoms with van der Waals surface area (Å²) >= 11 is 7.42. The number of carboxylic acid groups (broad SMARTS) is 1. The van der Waals surface area contributed by atoms with E-state index in [0.29, 0.717) is 12.2 Å². The molecule has 1 aromatic heterocycles. The van der Waals surface area contributed by atoms with Crippen molar-refractivity contribution in [1.82, 2.24) is 0 Å². The molecule has 0 spiro atoms. The third-order valence-corrected chi connectivity index (χ3v) is 4.24. The number of hydrogen-bond donors (Lipinski definition) is 3. The predicted octanol–water partition coefficient (Wildman–Crippen LogP) is 3.64. The number of rotatable bonds is 5. The van der Waals surface area contributed by atoms with Gasteiger partial charge in [-0.2, -0.15) is 0 Å². The summed E-state index contributed by atoms with van der Waals surface area (Å²) in [4.78, 5) is 12.3. The van der Waals surface area contributed by atoms with Crippen LogP contribution >= 0.6 is 22.9 Å². The van der Waals surface area contributed by atoms with Crippen LogP contribution in [0.4, 0.5) is 11.4 Å². The quantitative estimate of drug-likeness (QED) is 0.737. The summed E-state index contributed by atoms with van der Waals surface area (Å²) in [6.45, 7) is 2.51. The lowest BCUT2D eigenvalue weighted by Crippen LogP contribution is -2.08. The van der Waals surface area contributed by atoms with Gasteiger partial charge >= 0.3 is 5.97 Å². The van der Waals surface area contributed by atoms with Crippen LogP contribution in [0.3, 0.4) is 0 Å². The number of anilines is 2. The normalized spacial score (nSPS) is 10.5. The van der Waals surface area contributed by atoms with E-state index in [1.54, 1.807) is 24.3 Å². The molecule has 0 saturated heterocycles. The van der Waals surface area contributed by atoms with Crippen LogP contribution < -0.4 is 11.1 Å². The van der Waals surface area contributed by atoms with E-state index in [1.165, 1.54) is 4.88 Å². The Kier molecular flexibility index (Phi) is 4.52. The van der Waals surface area contributed by atoms with Crippen molar-refractivity contribution in [3.8, 4) is 0 Å². The average molecular weight is 311 g/mol. The molecule has 0 amide bonds. The Morgan fingerprint density at radius 2 is 2.20 bits per heavy atom. The van der Waals surface area contributed by atoms with Crippen LogP contribution in [0.25, 0.3) is 0 Å². The van der Waals surface area contributed by atoms with E-state index in [4.69, 9.17) is 22.4 Å². The minimum atomic E-state index is -1.01. The summed E-state index contributed by atoms with van der Waals surface area (Å²) in [5, 5.41) is 12.3. The van der Waals surface area contributed by atoms with Gasteiger partial charge in [0, 0.05) is 22.8 Å². The molecule has 0 aliphatic heterocycles. The van der Waals surface area contributed by atoms with Gasteiger partial charge in [0.05, 0.1) is 9.90 Å². The van der Waals surface area contributed by atoms with Crippen LogP contribution in [-0.4, -0.2) is 17.6 Å². The second-order valence-electron chi connectivity index (χ2n) is 4.44.